The minimum absolute atomic E-state index is 0.165. The van der Waals surface area contributed by atoms with Crippen molar-refractivity contribution < 1.29 is 19.1 Å². The molecule has 0 spiro atoms. The van der Waals surface area contributed by atoms with Crippen LogP contribution in [0.5, 0.6) is 5.75 Å². The highest BCUT2D eigenvalue weighted by atomic mass is 127. The summed E-state index contributed by atoms with van der Waals surface area (Å²) >= 11 is 2.12. The first-order valence-electron chi connectivity index (χ1n) is 7.04. The quantitative estimate of drug-likeness (QED) is 0.569. The number of benzene rings is 2. The fraction of sp³-hybridized carbons (Fsp3) is 0.176. The van der Waals surface area contributed by atoms with E-state index in [0.29, 0.717) is 23.6 Å². The third-order valence-electron chi connectivity index (χ3n) is 2.87. The highest BCUT2D eigenvalue weighted by Crippen LogP contribution is 2.19. The second kappa shape index (κ2) is 8.52. The molecule has 120 valence electrons. The van der Waals surface area contributed by atoms with E-state index in [2.05, 4.69) is 27.9 Å². The Morgan fingerprint density at radius 3 is 2.65 bits per heavy atom. The van der Waals surface area contributed by atoms with Gasteiger partial charge in [-0.25, -0.2) is 4.79 Å². The number of carbonyl (C=O) groups is 2. The van der Waals surface area contributed by atoms with Gasteiger partial charge in [-0.15, -0.1) is 0 Å². The summed E-state index contributed by atoms with van der Waals surface area (Å²) in [7, 11) is 0. The van der Waals surface area contributed by atoms with Crippen LogP contribution >= 0.6 is 22.6 Å². The first kappa shape index (κ1) is 17.3. The van der Waals surface area contributed by atoms with Gasteiger partial charge in [-0.05, 0) is 53.8 Å². The van der Waals surface area contributed by atoms with Crippen molar-refractivity contribution in [2.24, 2.45) is 0 Å². The lowest BCUT2D eigenvalue weighted by Crippen LogP contribution is -2.15. The first-order valence-corrected chi connectivity index (χ1v) is 8.12. The van der Waals surface area contributed by atoms with Gasteiger partial charge in [-0.1, -0.05) is 18.2 Å². The van der Waals surface area contributed by atoms with Crippen molar-refractivity contribution in [3.05, 3.63) is 57.7 Å². The number of hydrogen-bond acceptors (Lipinski definition) is 4. The number of nitrogens with one attached hydrogen (secondary N) is 1. The van der Waals surface area contributed by atoms with E-state index in [-0.39, 0.29) is 12.5 Å². The van der Waals surface area contributed by atoms with Crippen molar-refractivity contribution in [2.75, 3.05) is 18.5 Å². The van der Waals surface area contributed by atoms with Gasteiger partial charge < -0.3 is 14.8 Å². The van der Waals surface area contributed by atoms with Crippen LogP contribution in [-0.4, -0.2) is 25.1 Å². The summed E-state index contributed by atoms with van der Waals surface area (Å²) in [5.74, 6) is -0.142. The van der Waals surface area contributed by atoms with Crippen molar-refractivity contribution in [1.29, 1.82) is 0 Å². The van der Waals surface area contributed by atoms with Gasteiger partial charge in [0.15, 0.2) is 6.61 Å². The molecule has 1 N–H and O–H groups in total. The summed E-state index contributed by atoms with van der Waals surface area (Å²) in [5.41, 5.74) is 1.20. The predicted molar refractivity (Wildman–Crippen MR) is 95.7 cm³/mol. The molecule has 0 heterocycles. The van der Waals surface area contributed by atoms with Crippen molar-refractivity contribution in [3.8, 4) is 5.75 Å². The Kier molecular flexibility index (Phi) is 6.40. The van der Waals surface area contributed by atoms with Crippen LogP contribution in [0.4, 0.5) is 5.69 Å². The average molecular weight is 425 g/mol. The van der Waals surface area contributed by atoms with E-state index < -0.39 is 5.97 Å². The van der Waals surface area contributed by atoms with Gasteiger partial charge in [0, 0.05) is 15.3 Å². The van der Waals surface area contributed by atoms with E-state index in [1.165, 1.54) is 0 Å². The summed E-state index contributed by atoms with van der Waals surface area (Å²) in [4.78, 5) is 23.6. The molecular weight excluding hydrogens is 409 g/mol. The number of esters is 1. The lowest BCUT2D eigenvalue weighted by molar-refractivity contribution is -0.145. The maximum absolute atomic E-state index is 12.3. The SMILES string of the molecule is CCOC(=O)COc1cccc(NC(=O)c2ccccc2I)c1. The number of amides is 1. The molecule has 0 saturated carbocycles. The van der Waals surface area contributed by atoms with Crippen LogP contribution in [0.3, 0.4) is 0 Å². The van der Waals surface area contributed by atoms with Gasteiger partial charge in [0.1, 0.15) is 5.75 Å². The highest BCUT2D eigenvalue weighted by molar-refractivity contribution is 14.1. The van der Waals surface area contributed by atoms with Crippen LogP contribution in [0.2, 0.25) is 0 Å². The molecule has 0 radical (unpaired) electrons. The molecule has 1 amide bonds. The zero-order valence-corrected chi connectivity index (χ0v) is 14.7. The lowest BCUT2D eigenvalue weighted by Gasteiger charge is -2.09. The number of hydrogen-bond donors (Lipinski definition) is 1. The largest absolute Gasteiger partial charge is 0.482 e. The lowest BCUT2D eigenvalue weighted by atomic mass is 10.2. The van der Waals surface area contributed by atoms with E-state index in [1.807, 2.05) is 18.2 Å². The van der Waals surface area contributed by atoms with E-state index >= 15 is 0 Å². The van der Waals surface area contributed by atoms with Crippen LogP contribution in [0.1, 0.15) is 17.3 Å². The number of carbonyl (C=O) groups excluding carboxylic acids is 2. The molecule has 2 aromatic rings. The molecule has 0 aromatic heterocycles. The Labute approximate surface area is 148 Å². The molecule has 5 nitrogen and oxygen atoms in total. The Balaban J connectivity index is 2.01. The van der Waals surface area contributed by atoms with Crippen LogP contribution in [0, 0.1) is 3.57 Å². The van der Waals surface area contributed by atoms with Crippen LogP contribution in [0.25, 0.3) is 0 Å². The van der Waals surface area contributed by atoms with Gasteiger partial charge in [-0.2, -0.15) is 0 Å². The third kappa shape index (κ3) is 5.24. The van der Waals surface area contributed by atoms with Gasteiger partial charge in [0.25, 0.3) is 5.91 Å². The number of halogens is 1. The molecule has 2 aromatic carbocycles. The minimum Gasteiger partial charge on any atom is -0.482 e. The zero-order chi connectivity index (χ0) is 16.7. The summed E-state index contributed by atoms with van der Waals surface area (Å²) in [5, 5.41) is 2.81. The molecule has 0 unspecified atom stereocenters. The predicted octanol–water partition coefficient (Wildman–Crippen LogP) is 3.49. The Morgan fingerprint density at radius 2 is 1.91 bits per heavy atom. The first-order chi connectivity index (χ1) is 11.1. The highest BCUT2D eigenvalue weighted by Gasteiger charge is 2.10. The van der Waals surface area contributed by atoms with Crippen molar-refractivity contribution in [3.63, 3.8) is 0 Å². The van der Waals surface area contributed by atoms with E-state index in [1.54, 1.807) is 37.3 Å². The topological polar surface area (TPSA) is 64.6 Å². The van der Waals surface area contributed by atoms with Crippen LogP contribution in [-0.2, 0) is 9.53 Å². The summed E-state index contributed by atoms with van der Waals surface area (Å²) in [6, 6.07) is 14.2. The van der Waals surface area contributed by atoms with Crippen molar-refractivity contribution in [1.82, 2.24) is 0 Å². The maximum Gasteiger partial charge on any atom is 0.344 e. The van der Waals surface area contributed by atoms with Crippen LogP contribution < -0.4 is 10.1 Å². The number of anilines is 1. The molecule has 6 heteroatoms. The molecule has 0 aliphatic heterocycles. The Bertz CT molecular complexity index is 702. The second-order valence-electron chi connectivity index (χ2n) is 4.56. The second-order valence-corrected chi connectivity index (χ2v) is 5.72. The Morgan fingerprint density at radius 1 is 1.13 bits per heavy atom. The standard InChI is InChI=1S/C17H16INO4/c1-2-22-16(20)11-23-13-7-5-6-12(10-13)19-17(21)14-8-3-4-9-15(14)18/h3-10H,2,11H2,1H3,(H,19,21). The average Bonchev–Trinajstić information content (AvgIpc) is 2.54. The molecular formula is C17H16INO4. The minimum atomic E-state index is -0.430. The third-order valence-corrected chi connectivity index (χ3v) is 3.81. The maximum atomic E-state index is 12.3. The molecule has 2 rings (SSSR count). The fourth-order valence-electron chi connectivity index (χ4n) is 1.85. The van der Waals surface area contributed by atoms with Gasteiger partial charge >= 0.3 is 5.97 Å². The molecule has 0 atom stereocenters. The molecule has 0 aliphatic rings. The summed E-state index contributed by atoms with van der Waals surface area (Å²) < 4.78 is 11.0. The fourth-order valence-corrected chi connectivity index (χ4v) is 2.48. The van der Waals surface area contributed by atoms with Gasteiger partial charge in [0.05, 0.1) is 12.2 Å². The normalized spacial score (nSPS) is 10.0. The van der Waals surface area contributed by atoms with E-state index in [9.17, 15) is 9.59 Å². The van der Waals surface area contributed by atoms with Gasteiger partial charge in [0.2, 0.25) is 0 Å². The molecule has 0 saturated heterocycles. The summed E-state index contributed by atoms with van der Waals surface area (Å²) in [6.07, 6.45) is 0. The summed E-state index contributed by atoms with van der Waals surface area (Å²) in [6.45, 7) is 1.88. The zero-order valence-electron chi connectivity index (χ0n) is 12.5. The monoisotopic (exact) mass is 425 g/mol. The van der Waals surface area contributed by atoms with Gasteiger partial charge in [-0.3, -0.25) is 4.79 Å². The molecule has 0 fully saturated rings. The van der Waals surface area contributed by atoms with E-state index in [0.717, 1.165) is 3.57 Å². The van der Waals surface area contributed by atoms with Crippen molar-refractivity contribution in [2.45, 2.75) is 6.92 Å². The van der Waals surface area contributed by atoms with E-state index in [4.69, 9.17) is 9.47 Å². The number of rotatable bonds is 6. The number of ether oxygens (including phenoxy) is 2. The molecule has 0 aliphatic carbocycles. The van der Waals surface area contributed by atoms with Crippen molar-refractivity contribution >= 4 is 40.2 Å². The Hall–Kier alpha value is -2.09. The smallest absolute Gasteiger partial charge is 0.344 e. The molecule has 0 bridgehead atoms. The molecule has 23 heavy (non-hydrogen) atoms. The van der Waals surface area contributed by atoms with Crippen LogP contribution in [0.15, 0.2) is 48.5 Å².